The van der Waals surface area contributed by atoms with Crippen molar-refractivity contribution in [3.8, 4) is 0 Å². The lowest BCUT2D eigenvalue weighted by Gasteiger charge is -2.29. The number of carbonyl (C=O) groups excluding carboxylic acids is 1. The molecule has 1 N–H and O–H groups in total. The first-order valence-electron chi connectivity index (χ1n) is 9.76. The summed E-state index contributed by atoms with van der Waals surface area (Å²) in [6, 6.07) is 19.8. The van der Waals surface area contributed by atoms with Crippen LogP contribution >= 0.6 is 0 Å². The lowest BCUT2D eigenvalue weighted by Crippen LogP contribution is -2.44. The third kappa shape index (κ3) is 3.64. The summed E-state index contributed by atoms with van der Waals surface area (Å²) < 4.78 is 0. The van der Waals surface area contributed by atoms with Crippen LogP contribution in [0.4, 0.5) is 0 Å². The van der Waals surface area contributed by atoms with Crippen molar-refractivity contribution in [1.82, 2.24) is 9.80 Å². The Morgan fingerprint density at radius 2 is 1.63 bits per heavy atom. The highest BCUT2D eigenvalue weighted by atomic mass is 16.3. The van der Waals surface area contributed by atoms with E-state index in [0.717, 1.165) is 26.2 Å². The van der Waals surface area contributed by atoms with Gasteiger partial charge in [-0.1, -0.05) is 60.7 Å². The van der Waals surface area contributed by atoms with Gasteiger partial charge in [-0.2, -0.15) is 0 Å². The molecule has 1 heterocycles. The van der Waals surface area contributed by atoms with E-state index in [1.165, 1.54) is 5.56 Å². The maximum Gasteiger partial charge on any atom is 0.258 e. The van der Waals surface area contributed by atoms with Crippen LogP contribution < -0.4 is 0 Å². The van der Waals surface area contributed by atoms with E-state index in [4.69, 9.17) is 0 Å². The van der Waals surface area contributed by atoms with Gasteiger partial charge in [-0.3, -0.25) is 9.69 Å². The molecule has 2 aromatic rings. The highest BCUT2D eigenvalue weighted by Gasteiger charge is 2.56. The van der Waals surface area contributed by atoms with Crippen LogP contribution in [0.5, 0.6) is 0 Å². The van der Waals surface area contributed by atoms with Gasteiger partial charge in [-0.15, -0.1) is 0 Å². The van der Waals surface area contributed by atoms with Crippen molar-refractivity contribution < 1.29 is 9.90 Å². The smallest absolute Gasteiger partial charge is 0.258 e. The van der Waals surface area contributed by atoms with Crippen molar-refractivity contribution in [2.75, 3.05) is 26.7 Å². The average Bonchev–Trinajstić information content (AvgIpc) is 3.12. The molecule has 1 amide bonds. The summed E-state index contributed by atoms with van der Waals surface area (Å²) in [6.45, 7) is 5.56. The number of piperidine rings is 1. The van der Waals surface area contributed by atoms with Gasteiger partial charge in [0.05, 0.1) is 0 Å². The van der Waals surface area contributed by atoms with E-state index in [1.54, 1.807) is 24.0 Å². The van der Waals surface area contributed by atoms with Gasteiger partial charge in [0.25, 0.3) is 5.91 Å². The molecule has 0 aromatic heterocycles. The highest BCUT2D eigenvalue weighted by Crippen LogP contribution is 2.52. The molecule has 4 rings (SSSR count). The summed E-state index contributed by atoms with van der Waals surface area (Å²) in [4.78, 5) is 17.1. The van der Waals surface area contributed by atoms with Crippen molar-refractivity contribution in [3.05, 3.63) is 71.8 Å². The van der Waals surface area contributed by atoms with Crippen molar-refractivity contribution >= 4 is 5.91 Å². The number of aliphatic hydroxyl groups is 1. The summed E-state index contributed by atoms with van der Waals surface area (Å²) in [6.07, 6.45) is 0. The van der Waals surface area contributed by atoms with Crippen molar-refractivity contribution in [3.63, 3.8) is 0 Å². The Hall–Kier alpha value is -2.17. The van der Waals surface area contributed by atoms with Gasteiger partial charge in [0.15, 0.2) is 5.60 Å². The third-order valence-electron chi connectivity index (χ3n) is 6.28. The summed E-state index contributed by atoms with van der Waals surface area (Å²) >= 11 is 0. The van der Waals surface area contributed by atoms with Gasteiger partial charge in [-0.05, 0) is 35.8 Å². The maximum atomic E-state index is 12.8. The van der Waals surface area contributed by atoms with E-state index in [9.17, 15) is 9.90 Å². The third-order valence-corrected chi connectivity index (χ3v) is 6.28. The van der Waals surface area contributed by atoms with Gasteiger partial charge >= 0.3 is 0 Å². The monoisotopic (exact) mass is 364 g/mol. The topological polar surface area (TPSA) is 43.8 Å². The summed E-state index contributed by atoms with van der Waals surface area (Å²) in [5.74, 6) is 1.72. The lowest BCUT2D eigenvalue weighted by atomic mass is 9.94. The van der Waals surface area contributed by atoms with Gasteiger partial charge in [0.2, 0.25) is 0 Å². The standard InChI is InChI=1S/C23H28N2O2/c1-23(27,18-11-7-4-8-12-18)22(26)24(2)14-19-20-15-25(16-21(19)20)13-17-9-5-3-6-10-17/h3-12,19-21,27H,13-16H2,1-2H3/t19-,20-,21+,23-/m0/s1. The number of benzene rings is 2. The van der Waals surface area contributed by atoms with Crippen LogP contribution in [-0.4, -0.2) is 47.5 Å². The molecule has 2 aliphatic rings. The molecule has 0 spiro atoms. The number of hydrogen-bond donors (Lipinski definition) is 1. The second-order valence-electron chi connectivity index (χ2n) is 8.30. The quantitative estimate of drug-likeness (QED) is 0.857. The average molecular weight is 364 g/mol. The summed E-state index contributed by atoms with van der Waals surface area (Å²) in [5.41, 5.74) is 0.535. The number of rotatable bonds is 6. The molecule has 0 bridgehead atoms. The minimum absolute atomic E-state index is 0.222. The molecule has 0 unspecified atom stereocenters. The van der Waals surface area contributed by atoms with E-state index in [-0.39, 0.29) is 5.91 Å². The summed E-state index contributed by atoms with van der Waals surface area (Å²) in [5, 5.41) is 10.8. The molecule has 1 saturated heterocycles. The van der Waals surface area contributed by atoms with Gasteiger partial charge in [-0.25, -0.2) is 0 Å². The molecule has 2 aromatic carbocycles. The van der Waals surface area contributed by atoms with Crippen LogP contribution in [0.25, 0.3) is 0 Å². The Morgan fingerprint density at radius 3 is 2.22 bits per heavy atom. The number of amides is 1. The van der Waals surface area contributed by atoms with Crippen LogP contribution in [0, 0.1) is 17.8 Å². The number of hydrogen-bond acceptors (Lipinski definition) is 3. The Morgan fingerprint density at radius 1 is 1.07 bits per heavy atom. The fourth-order valence-electron chi connectivity index (χ4n) is 4.64. The minimum Gasteiger partial charge on any atom is -0.376 e. The second kappa shape index (κ2) is 7.10. The van der Waals surface area contributed by atoms with Crippen LogP contribution in [0.1, 0.15) is 18.1 Å². The molecule has 1 saturated carbocycles. The van der Waals surface area contributed by atoms with Crippen molar-refractivity contribution in [2.24, 2.45) is 17.8 Å². The molecular formula is C23H28N2O2. The minimum atomic E-state index is -1.47. The Balaban J connectivity index is 1.30. The van der Waals surface area contributed by atoms with Gasteiger partial charge < -0.3 is 10.0 Å². The van der Waals surface area contributed by atoms with E-state index < -0.39 is 5.60 Å². The molecule has 1 aliphatic heterocycles. The largest absolute Gasteiger partial charge is 0.376 e. The Bertz CT molecular complexity index is 779. The van der Waals surface area contributed by atoms with Crippen molar-refractivity contribution in [1.29, 1.82) is 0 Å². The lowest BCUT2D eigenvalue weighted by molar-refractivity contribution is -0.149. The fourth-order valence-corrected chi connectivity index (χ4v) is 4.64. The molecule has 1 aliphatic carbocycles. The zero-order chi connectivity index (χ0) is 19.0. The first kappa shape index (κ1) is 18.2. The number of carbonyl (C=O) groups is 1. The number of likely N-dealkylation sites (tertiary alicyclic amines) is 1. The van der Waals surface area contributed by atoms with E-state index in [1.807, 2.05) is 25.2 Å². The number of likely N-dealkylation sites (N-methyl/N-ethyl adjacent to an activating group) is 1. The molecule has 2 fully saturated rings. The maximum absolute atomic E-state index is 12.8. The molecule has 142 valence electrons. The predicted octanol–water partition coefficient (Wildman–Crippen LogP) is 2.73. The normalized spacial score (nSPS) is 26.3. The predicted molar refractivity (Wildman–Crippen MR) is 106 cm³/mol. The van der Waals surface area contributed by atoms with Crippen LogP contribution in [0.15, 0.2) is 60.7 Å². The first-order valence-corrected chi connectivity index (χ1v) is 9.76. The molecule has 0 radical (unpaired) electrons. The van der Waals surface area contributed by atoms with Gasteiger partial charge in [0, 0.05) is 33.2 Å². The molecular weight excluding hydrogens is 336 g/mol. The van der Waals surface area contributed by atoms with E-state index >= 15 is 0 Å². The zero-order valence-corrected chi connectivity index (χ0v) is 16.1. The van der Waals surface area contributed by atoms with Crippen LogP contribution in [0.3, 0.4) is 0 Å². The van der Waals surface area contributed by atoms with Crippen LogP contribution in [0.2, 0.25) is 0 Å². The summed E-state index contributed by atoms with van der Waals surface area (Å²) in [7, 11) is 1.82. The Labute approximate surface area is 161 Å². The van der Waals surface area contributed by atoms with Gasteiger partial charge in [0.1, 0.15) is 0 Å². The number of nitrogens with zero attached hydrogens (tertiary/aromatic N) is 2. The second-order valence-corrected chi connectivity index (χ2v) is 8.30. The van der Waals surface area contributed by atoms with Crippen molar-refractivity contribution in [2.45, 2.75) is 19.1 Å². The molecule has 27 heavy (non-hydrogen) atoms. The first-order chi connectivity index (χ1) is 13.0. The molecule has 4 atom stereocenters. The molecule has 4 heteroatoms. The van der Waals surface area contributed by atoms with E-state index in [2.05, 4.69) is 35.2 Å². The zero-order valence-electron chi connectivity index (χ0n) is 16.1. The van der Waals surface area contributed by atoms with Crippen LogP contribution in [-0.2, 0) is 16.9 Å². The Kier molecular flexibility index (Phi) is 4.79. The fraction of sp³-hybridized carbons (Fsp3) is 0.435. The molecule has 4 nitrogen and oxygen atoms in total. The van der Waals surface area contributed by atoms with E-state index in [0.29, 0.717) is 23.3 Å². The SMILES string of the molecule is CN(C[C@H]1[C@@H]2CN(Cc3ccccc3)C[C@@H]21)C(=O)[C@@](C)(O)c1ccccc1. The number of fused-ring (bicyclic) bond motifs is 1. The highest BCUT2D eigenvalue weighted by molar-refractivity contribution is 5.85.